The minimum atomic E-state index is -3.89. The van der Waals surface area contributed by atoms with Crippen LogP contribution in [0.4, 0.5) is 5.69 Å². The molecular weight excluding hydrogens is 550 g/mol. The smallest absolute Gasteiger partial charge is 0.244 e. The van der Waals surface area contributed by atoms with Crippen LogP contribution >= 0.6 is 0 Å². The second-order valence-electron chi connectivity index (χ2n) is 10.9. The number of ether oxygens (including phenoxy) is 1. The van der Waals surface area contributed by atoms with Crippen molar-refractivity contribution in [3.63, 3.8) is 0 Å². The van der Waals surface area contributed by atoms with Crippen LogP contribution in [-0.4, -0.2) is 56.6 Å². The van der Waals surface area contributed by atoms with Crippen LogP contribution < -0.4 is 14.4 Å². The van der Waals surface area contributed by atoms with Gasteiger partial charge in [-0.25, -0.2) is 8.42 Å². The van der Waals surface area contributed by atoms with Crippen LogP contribution in [0.15, 0.2) is 78.9 Å². The number of sulfonamides is 1. The van der Waals surface area contributed by atoms with Crippen LogP contribution in [0.1, 0.15) is 49.3 Å². The molecule has 0 bridgehead atoms. The molecule has 2 amide bonds. The summed E-state index contributed by atoms with van der Waals surface area (Å²) in [7, 11) is -3.89. The van der Waals surface area contributed by atoms with E-state index in [1.807, 2.05) is 68.4 Å². The molecule has 1 aliphatic carbocycles. The van der Waals surface area contributed by atoms with E-state index in [2.05, 4.69) is 5.32 Å². The maximum Gasteiger partial charge on any atom is 0.244 e. The highest BCUT2D eigenvalue weighted by molar-refractivity contribution is 7.92. The van der Waals surface area contributed by atoms with Gasteiger partial charge < -0.3 is 15.0 Å². The lowest BCUT2D eigenvalue weighted by molar-refractivity contribution is -0.140. The maximum atomic E-state index is 14.3. The molecule has 0 radical (unpaired) electrons. The monoisotopic (exact) mass is 591 g/mol. The van der Waals surface area contributed by atoms with Crippen molar-refractivity contribution in [2.45, 2.75) is 64.6 Å². The van der Waals surface area contributed by atoms with Crippen molar-refractivity contribution in [1.29, 1.82) is 0 Å². The number of nitrogens with zero attached hydrogens (tertiary/aromatic N) is 2. The minimum Gasteiger partial charge on any atom is -0.492 e. The molecule has 0 heterocycles. The number of carbonyl (C=O) groups excluding carboxylic acids is 2. The molecule has 1 atom stereocenters. The summed E-state index contributed by atoms with van der Waals surface area (Å²) in [6.07, 6.45) is 5.30. The van der Waals surface area contributed by atoms with Gasteiger partial charge in [-0.15, -0.1) is 0 Å². The van der Waals surface area contributed by atoms with Gasteiger partial charge in [0.25, 0.3) is 0 Å². The maximum absolute atomic E-state index is 14.3. The second kappa shape index (κ2) is 14.4. The lowest BCUT2D eigenvalue weighted by Gasteiger charge is -2.34. The molecule has 8 nitrogen and oxygen atoms in total. The summed E-state index contributed by atoms with van der Waals surface area (Å²) in [5, 5.41) is 3.19. The van der Waals surface area contributed by atoms with Gasteiger partial charge in [0, 0.05) is 19.0 Å². The van der Waals surface area contributed by atoms with E-state index in [1.54, 1.807) is 24.3 Å². The van der Waals surface area contributed by atoms with Crippen molar-refractivity contribution >= 4 is 27.5 Å². The number of amides is 2. The number of hydrogen-bond acceptors (Lipinski definition) is 5. The van der Waals surface area contributed by atoms with Gasteiger partial charge in [-0.3, -0.25) is 13.9 Å². The number of hydrogen-bond donors (Lipinski definition) is 1. The summed E-state index contributed by atoms with van der Waals surface area (Å²) >= 11 is 0. The number of para-hydroxylation sites is 2. The summed E-state index contributed by atoms with van der Waals surface area (Å²) in [4.78, 5) is 29.8. The fourth-order valence-electron chi connectivity index (χ4n) is 5.46. The van der Waals surface area contributed by atoms with Crippen LogP contribution in [0.2, 0.25) is 0 Å². The van der Waals surface area contributed by atoms with Crippen LogP contribution in [0, 0.1) is 6.92 Å². The van der Waals surface area contributed by atoms with E-state index < -0.39 is 28.5 Å². The first-order chi connectivity index (χ1) is 20.2. The Hall–Kier alpha value is -3.85. The Morgan fingerprint density at radius 2 is 1.62 bits per heavy atom. The predicted octanol–water partition coefficient (Wildman–Crippen LogP) is 4.86. The first kappa shape index (κ1) is 31.1. The molecule has 0 saturated heterocycles. The fourth-order valence-corrected chi connectivity index (χ4v) is 6.32. The molecule has 3 aromatic carbocycles. The third kappa shape index (κ3) is 8.35. The number of anilines is 1. The summed E-state index contributed by atoms with van der Waals surface area (Å²) < 4.78 is 33.0. The number of nitrogens with one attached hydrogen (secondary N) is 1. The molecular formula is C33H41N3O5S. The highest BCUT2D eigenvalue weighted by Crippen LogP contribution is 2.30. The molecule has 9 heteroatoms. The van der Waals surface area contributed by atoms with E-state index in [0.717, 1.165) is 52.9 Å². The van der Waals surface area contributed by atoms with E-state index >= 15 is 0 Å². The first-order valence-electron chi connectivity index (χ1n) is 14.5. The van der Waals surface area contributed by atoms with Crippen LogP contribution in [0.5, 0.6) is 5.75 Å². The molecule has 0 aromatic heterocycles. The van der Waals surface area contributed by atoms with Crippen molar-refractivity contribution < 1.29 is 22.7 Å². The lowest BCUT2D eigenvalue weighted by Crippen LogP contribution is -2.54. The summed E-state index contributed by atoms with van der Waals surface area (Å²) in [5.74, 6) is -0.341. The molecule has 0 spiro atoms. The minimum absolute atomic E-state index is 0.0669. The Labute approximate surface area is 249 Å². The van der Waals surface area contributed by atoms with E-state index in [9.17, 15) is 18.0 Å². The Bertz CT molecular complexity index is 1460. The average Bonchev–Trinajstić information content (AvgIpc) is 3.47. The lowest BCUT2D eigenvalue weighted by atomic mass is 10.0. The number of aryl methyl sites for hydroxylation is 1. The number of rotatable bonds is 13. The predicted molar refractivity (Wildman–Crippen MR) is 166 cm³/mol. The average molecular weight is 592 g/mol. The molecule has 0 aliphatic heterocycles. The van der Waals surface area contributed by atoms with Gasteiger partial charge in [-0.05, 0) is 49.9 Å². The molecule has 1 fully saturated rings. The van der Waals surface area contributed by atoms with Gasteiger partial charge in [0.1, 0.15) is 18.3 Å². The molecule has 42 heavy (non-hydrogen) atoms. The normalized spacial score (nSPS) is 14.3. The molecule has 1 saturated carbocycles. The second-order valence-corrected chi connectivity index (χ2v) is 12.8. The third-order valence-electron chi connectivity index (χ3n) is 7.52. The van der Waals surface area contributed by atoms with Gasteiger partial charge in [-0.2, -0.15) is 0 Å². The zero-order valence-electron chi connectivity index (χ0n) is 24.7. The van der Waals surface area contributed by atoms with Crippen molar-refractivity contribution in [3.05, 3.63) is 95.6 Å². The molecule has 4 rings (SSSR count). The van der Waals surface area contributed by atoms with E-state index in [0.29, 0.717) is 18.8 Å². The standard InChI is InChI=1S/C33H41N3O5S/c1-4-41-31-20-11-10-19-29(31)36(42(3,39)40)24-32(37)35(23-27-16-12-13-25(2)21-27)30(22-26-14-6-5-7-15-26)33(38)34-28-17-8-9-18-28/h5-7,10-16,19-21,28,30H,4,8-9,17-18,22-24H2,1-3H3,(H,34,38)/t30-/m1/s1. The van der Waals surface area contributed by atoms with Crippen molar-refractivity contribution in [2.75, 3.05) is 23.7 Å². The quantitative estimate of drug-likeness (QED) is 0.306. The largest absolute Gasteiger partial charge is 0.492 e. The van der Waals surface area contributed by atoms with Gasteiger partial charge >= 0.3 is 0 Å². The molecule has 0 unspecified atom stereocenters. The zero-order valence-corrected chi connectivity index (χ0v) is 25.5. The van der Waals surface area contributed by atoms with Gasteiger partial charge in [-0.1, -0.05) is 85.1 Å². The third-order valence-corrected chi connectivity index (χ3v) is 8.65. The molecule has 224 valence electrons. The van der Waals surface area contributed by atoms with Crippen molar-refractivity contribution in [3.8, 4) is 5.75 Å². The molecule has 3 aromatic rings. The number of benzene rings is 3. The van der Waals surface area contributed by atoms with Crippen molar-refractivity contribution in [2.24, 2.45) is 0 Å². The summed E-state index contributed by atoms with van der Waals surface area (Å²) in [6, 6.07) is 23.4. The van der Waals surface area contributed by atoms with E-state index in [4.69, 9.17) is 4.74 Å². The number of carbonyl (C=O) groups is 2. The Morgan fingerprint density at radius 3 is 2.29 bits per heavy atom. The summed E-state index contributed by atoms with van der Waals surface area (Å²) in [5.41, 5.74) is 3.07. The molecule has 1 aliphatic rings. The van der Waals surface area contributed by atoms with Crippen LogP contribution in [0.3, 0.4) is 0 Å². The van der Waals surface area contributed by atoms with Gasteiger partial charge in [0.15, 0.2) is 0 Å². The van der Waals surface area contributed by atoms with Crippen LogP contribution in [-0.2, 0) is 32.6 Å². The molecule has 1 N–H and O–H groups in total. The first-order valence-corrected chi connectivity index (χ1v) is 16.4. The van der Waals surface area contributed by atoms with Gasteiger partial charge in [0.2, 0.25) is 21.8 Å². The van der Waals surface area contributed by atoms with Crippen LogP contribution in [0.25, 0.3) is 0 Å². The Morgan fingerprint density at radius 1 is 0.952 bits per heavy atom. The Kier molecular flexibility index (Phi) is 10.6. The van der Waals surface area contributed by atoms with E-state index in [-0.39, 0.29) is 24.2 Å². The Balaban J connectivity index is 1.74. The van der Waals surface area contributed by atoms with E-state index in [1.165, 1.54) is 4.90 Å². The SMILES string of the molecule is CCOc1ccccc1N(CC(=O)N(Cc1cccc(C)c1)[C@H](Cc1ccccc1)C(=O)NC1CCCC1)S(C)(=O)=O. The van der Waals surface area contributed by atoms with Crippen molar-refractivity contribution in [1.82, 2.24) is 10.2 Å². The fraction of sp³-hybridized carbons (Fsp3) is 0.394. The summed E-state index contributed by atoms with van der Waals surface area (Å²) in [6.45, 7) is 3.80. The topological polar surface area (TPSA) is 96.0 Å². The highest BCUT2D eigenvalue weighted by atomic mass is 32.2. The zero-order chi connectivity index (χ0) is 30.1. The van der Waals surface area contributed by atoms with Gasteiger partial charge in [0.05, 0.1) is 18.6 Å². The highest BCUT2D eigenvalue weighted by Gasteiger charge is 2.34.